The summed E-state index contributed by atoms with van der Waals surface area (Å²) in [5.74, 6) is 0.449. The molecule has 0 unspecified atom stereocenters. The Labute approximate surface area is 216 Å². The Bertz CT molecular complexity index is 1540. The molecule has 0 aliphatic carbocycles. The summed E-state index contributed by atoms with van der Waals surface area (Å²) >= 11 is 7.24. The number of halogens is 1. The Morgan fingerprint density at radius 3 is 2.67 bits per heavy atom. The van der Waals surface area contributed by atoms with E-state index < -0.39 is 12.0 Å². The number of esters is 1. The summed E-state index contributed by atoms with van der Waals surface area (Å²) < 4.78 is 18.3. The van der Waals surface area contributed by atoms with Gasteiger partial charge in [-0.05, 0) is 62.7 Å². The number of thiazole rings is 1. The van der Waals surface area contributed by atoms with Crippen LogP contribution in [0.15, 0.2) is 57.5 Å². The zero-order valence-electron chi connectivity index (χ0n) is 20.2. The molecule has 0 bridgehead atoms. The third-order valence-corrected chi connectivity index (χ3v) is 6.81. The number of carbonyl (C=O) groups excluding carboxylic acids is 1. The van der Waals surface area contributed by atoms with Crippen LogP contribution < -0.4 is 24.4 Å². The van der Waals surface area contributed by atoms with E-state index in [4.69, 9.17) is 25.8 Å². The van der Waals surface area contributed by atoms with Crippen molar-refractivity contribution in [3.05, 3.63) is 83.5 Å². The van der Waals surface area contributed by atoms with Gasteiger partial charge in [0.1, 0.15) is 5.75 Å². The quantitative estimate of drug-likeness (QED) is 0.471. The van der Waals surface area contributed by atoms with E-state index >= 15 is 0 Å². The average molecular weight is 529 g/mol. The first kappa shape index (κ1) is 25.5. The molecular weight excluding hydrogens is 504 g/mol. The fourth-order valence-corrected chi connectivity index (χ4v) is 5.24. The molecule has 0 amide bonds. The van der Waals surface area contributed by atoms with Gasteiger partial charge >= 0.3 is 5.97 Å². The van der Waals surface area contributed by atoms with E-state index in [0.29, 0.717) is 49.3 Å². The number of methoxy groups -OCH3 is 1. The molecule has 1 N–H and O–H groups in total. The van der Waals surface area contributed by atoms with Gasteiger partial charge in [-0.25, -0.2) is 9.79 Å². The summed E-state index contributed by atoms with van der Waals surface area (Å²) in [6.45, 7) is 5.87. The average Bonchev–Trinajstić information content (AvgIpc) is 3.15. The fraction of sp³-hybridized carbons (Fsp3) is 0.269. The van der Waals surface area contributed by atoms with Crippen LogP contribution in [0.25, 0.3) is 6.08 Å². The number of rotatable bonds is 7. The largest absolute Gasteiger partial charge is 0.507 e. The number of nitrogens with zero attached hydrogens (tertiary/aromatic N) is 2. The van der Waals surface area contributed by atoms with Crippen molar-refractivity contribution in [3.63, 3.8) is 0 Å². The molecule has 0 spiro atoms. The normalized spacial score (nSPS) is 15.4. The molecule has 2 aromatic carbocycles. The zero-order chi connectivity index (χ0) is 26.0. The van der Waals surface area contributed by atoms with Crippen LogP contribution in [0.5, 0.6) is 17.2 Å². The Hall–Kier alpha value is -3.56. The number of fused-ring (bicyclic) bond motifs is 1. The number of carbonyl (C=O) groups is 1. The van der Waals surface area contributed by atoms with E-state index in [0.717, 1.165) is 11.3 Å². The number of allylic oxidation sites excluding steroid dienone is 1. The van der Waals surface area contributed by atoms with Gasteiger partial charge < -0.3 is 19.3 Å². The van der Waals surface area contributed by atoms with Crippen molar-refractivity contribution in [1.82, 2.24) is 4.57 Å². The number of benzene rings is 2. The first-order valence-electron chi connectivity index (χ1n) is 11.3. The standard InChI is InChI=1S/C26H25ClN2O6S/c1-5-34-20-12-15(7-10-19(20)33-4)23-22(25(32)35-6-2)14(3)28-26-29(23)24(31)21(36-26)13-16-11-17(27)8-9-18(16)30/h7-13,23,30H,5-6H2,1-4H3/t23-/m1/s1. The van der Waals surface area contributed by atoms with E-state index in [9.17, 15) is 14.7 Å². The molecule has 188 valence electrons. The molecule has 1 aromatic heterocycles. The van der Waals surface area contributed by atoms with Gasteiger partial charge in [-0.3, -0.25) is 9.36 Å². The maximum Gasteiger partial charge on any atom is 0.338 e. The van der Waals surface area contributed by atoms with Gasteiger partial charge in [0.25, 0.3) is 5.56 Å². The summed E-state index contributed by atoms with van der Waals surface area (Å²) in [6.07, 6.45) is 1.56. The van der Waals surface area contributed by atoms with Crippen molar-refractivity contribution in [1.29, 1.82) is 0 Å². The van der Waals surface area contributed by atoms with Crippen molar-refractivity contribution in [3.8, 4) is 17.2 Å². The van der Waals surface area contributed by atoms with E-state index in [1.807, 2.05) is 6.92 Å². The van der Waals surface area contributed by atoms with Crippen LogP contribution in [0.4, 0.5) is 0 Å². The van der Waals surface area contributed by atoms with Crippen molar-refractivity contribution >= 4 is 35.0 Å². The molecule has 0 saturated heterocycles. The zero-order valence-corrected chi connectivity index (χ0v) is 21.8. The van der Waals surface area contributed by atoms with Gasteiger partial charge in [0, 0.05) is 10.6 Å². The molecule has 0 saturated carbocycles. The van der Waals surface area contributed by atoms with Gasteiger partial charge in [0.05, 0.1) is 42.2 Å². The maximum absolute atomic E-state index is 13.7. The number of ether oxygens (including phenoxy) is 3. The minimum absolute atomic E-state index is 0.0123. The number of phenolic OH excluding ortho intramolecular Hbond substituents is 1. The Morgan fingerprint density at radius 1 is 1.19 bits per heavy atom. The van der Waals surface area contributed by atoms with Crippen molar-refractivity contribution in [2.45, 2.75) is 26.8 Å². The molecule has 0 radical (unpaired) electrons. The molecule has 10 heteroatoms. The molecule has 36 heavy (non-hydrogen) atoms. The lowest BCUT2D eigenvalue weighted by atomic mass is 9.95. The first-order chi connectivity index (χ1) is 17.3. The Balaban J connectivity index is 1.98. The van der Waals surface area contributed by atoms with Gasteiger partial charge in [-0.2, -0.15) is 0 Å². The molecule has 3 aromatic rings. The molecule has 1 aliphatic heterocycles. The van der Waals surface area contributed by atoms with Gasteiger partial charge in [0.2, 0.25) is 0 Å². The third-order valence-electron chi connectivity index (χ3n) is 5.60. The van der Waals surface area contributed by atoms with Crippen LogP contribution in [0.3, 0.4) is 0 Å². The number of hydrogen-bond acceptors (Lipinski definition) is 8. The highest BCUT2D eigenvalue weighted by atomic mass is 35.5. The van der Waals surface area contributed by atoms with Crippen LogP contribution in [-0.2, 0) is 9.53 Å². The maximum atomic E-state index is 13.7. The summed E-state index contributed by atoms with van der Waals surface area (Å²) in [7, 11) is 1.54. The Morgan fingerprint density at radius 2 is 1.97 bits per heavy atom. The first-order valence-corrected chi connectivity index (χ1v) is 12.5. The van der Waals surface area contributed by atoms with Gasteiger partial charge in [-0.15, -0.1) is 0 Å². The summed E-state index contributed by atoms with van der Waals surface area (Å²) in [4.78, 5) is 31.7. The number of phenols is 1. The predicted molar refractivity (Wildman–Crippen MR) is 138 cm³/mol. The summed E-state index contributed by atoms with van der Waals surface area (Å²) in [6, 6.07) is 9.06. The number of aromatic nitrogens is 1. The second kappa shape index (κ2) is 10.6. The fourth-order valence-electron chi connectivity index (χ4n) is 4.02. The summed E-state index contributed by atoms with van der Waals surface area (Å²) in [5, 5.41) is 10.7. The monoisotopic (exact) mass is 528 g/mol. The summed E-state index contributed by atoms with van der Waals surface area (Å²) in [5.41, 5.74) is 1.37. The second-order valence-electron chi connectivity index (χ2n) is 7.85. The van der Waals surface area contributed by atoms with E-state index in [1.54, 1.807) is 57.4 Å². The lowest BCUT2D eigenvalue weighted by Gasteiger charge is -2.25. The van der Waals surface area contributed by atoms with Crippen LogP contribution >= 0.6 is 22.9 Å². The van der Waals surface area contributed by atoms with Crippen LogP contribution in [0.2, 0.25) is 5.02 Å². The second-order valence-corrected chi connectivity index (χ2v) is 9.29. The highest BCUT2D eigenvalue weighted by molar-refractivity contribution is 7.07. The molecule has 0 fully saturated rings. The molecule has 1 aliphatic rings. The Kier molecular flexibility index (Phi) is 7.51. The highest BCUT2D eigenvalue weighted by Gasteiger charge is 2.34. The molecule has 1 atom stereocenters. The predicted octanol–water partition coefficient (Wildman–Crippen LogP) is 3.56. The molecule has 8 nitrogen and oxygen atoms in total. The van der Waals surface area contributed by atoms with Crippen molar-refractivity contribution in [2.75, 3.05) is 20.3 Å². The number of aromatic hydroxyl groups is 1. The minimum Gasteiger partial charge on any atom is -0.507 e. The smallest absolute Gasteiger partial charge is 0.338 e. The van der Waals surface area contributed by atoms with Crippen LogP contribution in [-0.4, -0.2) is 36.0 Å². The van der Waals surface area contributed by atoms with Crippen molar-refractivity contribution < 1.29 is 24.1 Å². The van der Waals surface area contributed by atoms with E-state index in [-0.39, 0.29) is 23.5 Å². The lowest BCUT2D eigenvalue weighted by molar-refractivity contribution is -0.139. The van der Waals surface area contributed by atoms with E-state index in [1.165, 1.54) is 10.6 Å². The molecule has 2 heterocycles. The third kappa shape index (κ3) is 4.76. The SMILES string of the molecule is CCOC(=O)C1=C(C)N=c2sc(=Cc3cc(Cl)ccc3O)c(=O)n2[C@@H]1c1ccc(OC)c(OCC)c1. The van der Waals surface area contributed by atoms with Gasteiger partial charge in [-0.1, -0.05) is 29.0 Å². The van der Waals surface area contributed by atoms with Crippen LogP contribution in [0, 0.1) is 0 Å². The van der Waals surface area contributed by atoms with Crippen LogP contribution in [0.1, 0.15) is 37.9 Å². The van der Waals surface area contributed by atoms with Crippen molar-refractivity contribution in [2.24, 2.45) is 4.99 Å². The van der Waals surface area contributed by atoms with E-state index in [2.05, 4.69) is 4.99 Å². The topological polar surface area (TPSA) is 99.4 Å². The van der Waals surface area contributed by atoms with Gasteiger partial charge in [0.15, 0.2) is 16.3 Å². The number of hydrogen-bond donors (Lipinski definition) is 1. The minimum atomic E-state index is -0.805. The molecular formula is C26H25ClN2O6S. The highest BCUT2D eigenvalue weighted by Crippen LogP contribution is 2.36. The lowest BCUT2D eigenvalue weighted by Crippen LogP contribution is -2.40. The molecule has 4 rings (SSSR count).